The van der Waals surface area contributed by atoms with Crippen LogP contribution < -0.4 is 4.74 Å². The number of hydrogen-bond acceptors (Lipinski definition) is 3. The van der Waals surface area contributed by atoms with Crippen molar-refractivity contribution in [1.29, 1.82) is 0 Å². The fourth-order valence-electron chi connectivity index (χ4n) is 1.99. The molecule has 1 saturated heterocycles. The van der Waals surface area contributed by atoms with Crippen LogP contribution in [0.4, 0.5) is 0 Å². The summed E-state index contributed by atoms with van der Waals surface area (Å²) in [4.78, 5) is 0. The molecule has 0 amide bonds. The molecule has 1 heterocycles. The smallest absolute Gasteiger partial charge is 0.118 e. The monoisotopic (exact) mass is 224 g/mol. The van der Waals surface area contributed by atoms with Gasteiger partial charge in [-0.25, -0.2) is 0 Å². The van der Waals surface area contributed by atoms with Gasteiger partial charge in [-0.2, -0.15) is 11.8 Å². The lowest BCUT2D eigenvalue weighted by atomic mass is 9.88. The van der Waals surface area contributed by atoms with Crippen molar-refractivity contribution in [2.75, 3.05) is 12.9 Å². The Balaban J connectivity index is 2.28. The number of aliphatic hydroxyl groups is 1. The van der Waals surface area contributed by atoms with Crippen molar-refractivity contribution in [3.8, 4) is 5.75 Å². The topological polar surface area (TPSA) is 29.5 Å². The summed E-state index contributed by atoms with van der Waals surface area (Å²) in [6.45, 7) is 2.09. The summed E-state index contributed by atoms with van der Waals surface area (Å²) in [7, 11) is 1.65. The van der Waals surface area contributed by atoms with Crippen LogP contribution in [0.3, 0.4) is 0 Å². The fraction of sp³-hybridized carbons (Fsp3) is 0.500. The van der Waals surface area contributed by atoms with E-state index in [4.69, 9.17) is 4.74 Å². The predicted octanol–water partition coefficient (Wildman–Crippen LogP) is 2.41. The second kappa shape index (κ2) is 4.06. The third kappa shape index (κ3) is 1.86. The molecule has 82 valence electrons. The third-order valence-corrected chi connectivity index (χ3v) is 4.44. The van der Waals surface area contributed by atoms with Gasteiger partial charge >= 0.3 is 0 Å². The Morgan fingerprint density at radius 3 is 2.53 bits per heavy atom. The first-order valence-electron chi connectivity index (χ1n) is 5.15. The Kier molecular flexibility index (Phi) is 2.94. The number of benzene rings is 1. The second-order valence-corrected chi connectivity index (χ2v) is 5.36. The van der Waals surface area contributed by atoms with Crippen LogP contribution in [0.5, 0.6) is 5.75 Å². The fourth-order valence-corrected chi connectivity index (χ4v) is 3.30. The van der Waals surface area contributed by atoms with Crippen molar-refractivity contribution < 1.29 is 9.84 Å². The summed E-state index contributed by atoms with van der Waals surface area (Å²) in [6.07, 6.45) is 0.838. The van der Waals surface area contributed by atoms with Crippen molar-refractivity contribution in [1.82, 2.24) is 0 Å². The van der Waals surface area contributed by atoms with Gasteiger partial charge in [0, 0.05) is 5.25 Å². The number of thioether (sulfide) groups is 1. The highest BCUT2D eigenvalue weighted by Gasteiger charge is 2.40. The molecule has 1 aliphatic heterocycles. The molecule has 1 N–H and O–H groups in total. The van der Waals surface area contributed by atoms with Crippen LogP contribution in [0.2, 0.25) is 0 Å². The van der Waals surface area contributed by atoms with Crippen molar-refractivity contribution >= 4 is 11.8 Å². The molecule has 1 aromatic carbocycles. The first kappa shape index (κ1) is 10.8. The summed E-state index contributed by atoms with van der Waals surface area (Å²) in [5.74, 6) is 1.87. The van der Waals surface area contributed by atoms with Crippen LogP contribution in [0, 0.1) is 0 Å². The second-order valence-electron chi connectivity index (χ2n) is 3.92. The Hall–Kier alpha value is -0.670. The number of rotatable bonds is 2. The molecule has 2 nitrogen and oxygen atoms in total. The van der Waals surface area contributed by atoms with Gasteiger partial charge in [0.05, 0.1) is 7.11 Å². The van der Waals surface area contributed by atoms with Crippen LogP contribution in [0.25, 0.3) is 0 Å². The summed E-state index contributed by atoms with van der Waals surface area (Å²) in [5, 5.41) is 10.8. The molecule has 0 radical (unpaired) electrons. The molecule has 0 spiro atoms. The van der Waals surface area contributed by atoms with Gasteiger partial charge in [-0.1, -0.05) is 19.1 Å². The third-order valence-electron chi connectivity index (χ3n) is 3.11. The van der Waals surface area contributed by atoms with Crippen LogP contribution in [-0.4, -0.2) is 23.2 Å². The van der Waals surface area contributed by atoms with Gasteiger partial charge in [-0.3, -0.25) is 0 Å². The zero-order chi connectivity index (χ0) is 10.9. The molecule has 0 aliphatic carbocycles. The molecule has 0 saturated carbocycles. The van der Waals surface area contributed by atoms with E-state index in [9.17, 15) is 5.11 Å². The Bertz CT molecular complexity index is 336. The molecule has 1 aromatic rings. The first-order valence-corrected chi connectivity index (χ1v) is 6.20. The van der Waals surface area contributed by atoms with Crippen LogP contribution in [-0.2, 0) is 5.60 Å². The van der Waals surface area contributed by atoms with Crippen molar-refractivity contribution in [3.63, 3.8) is 0 Å². The van der Waals surface area contributed by atoms with E-state index < -0.39 is 5.60 Å². The summed E-state index contributed by atoms with van der Waals surface area (Å²) < 4.78 is 5.10. The molecule has 2 atom stereocenters. The zero-order valence-electron chi connectivity index (χ0n) is 9.06. The van der Waals surface area contributed by atoms with E-state index in [2.05, 4.69) is 6.92 Å². The first-order chi connectivity index (χ1) is 7.16. The SMILES string of the molecule is COc1ccc([C@]2(O)CCS[C@@H]2C)cc1. The van der Waals surface area contributed by atoms with Gasteiger partial charge in [-0.15, -0.1) is 0 Å². The molecule has 1 aliphatic rings. The van der Waals surface area contributed by atoms with Gasteiger partial charge in [0.1, 0.15) is 11.4 Å². The maximum absolute atomic E-state index is 10.5. The quantitative estimate of drug-likeness (QED) is 0.836. The highest BCUT2D eigenvalue weighted by molar-refractivity contribution is 8.00. The normalized spacial score (nSPS) is 30.5. The molecule has 0 aromatic heterocycles. The highest BCUT2D eigenvalue weighted by Crippen LogP contribution is 2.43. The lowest BCUT2D eigenvalue weighted by Crippen LogP contribution is -2.31. The summed E-state index contributed by atoms with van der Waals surface area (Å²) >= 11 is 1.83. The van der Waals surface area contributed by atoms with Gasteiger partial charge < -0.3 is 9.84 Å². The molecule has 0 unspecified atom stereocenters. The highest BCUT2D eigenvalue weighted by atomic mass is 32.2. The lowest BCUT2D eigenvalue weighted by molar-refractivity contribution is 0.0427. The molecule has 3 heteroatoms. The summed E-state index contributed by atoms with van der Waals surface area (Å²) in [6, 6.07) is 7.73. The van der Waals surface area contributed by atoms with Gasteiger partial charge in [0.15, 0.2) is 0 Å². The van der Waals surface area contributed by atoms with Gasteiger partial charge in [0.25, 0.3) is 0 Å². The average Bonchev–Trinajstić information content (AvgIpc) is 2.61. The van der Waals surface area contributed by atoms with E-state index in [1.54, 1.807) is 7.11 Å². The Labute approximate surface area is 94.6 Å². The Morgan fingerprint density at radius 2 is 2.07 bits per heavy atom. The zero-order valence-corrected chi connectivity index (χ0v) is 9.88. The lowest BCUT2D eigenvalue weighted by Gasteiger charge is -2.27. The minimum atomic E-state index is -0.656. The number of methoxy groups -OCH3 is 1. The number of ether oxygens (including phenoxy) is 1. The Morgan fingerprint density at radius 1 is 1.40 bits per heavy atom. The summed E-state index contributed by atoms with van der Waals surface area (Å²) in [5.41, 5.74) is 0.345. The largest absolute Gasteiger partial charge is 0.497 e. The van der Waals surface area contributed by atoms with Crippen LogP contribution in [0.1, 0.15) is 18.9 Å². The van der Waals surface area contributed by atoms with E-state index >= 15 is 0 Å². The van der Waals surface area contributed by atoms with Gasteiger partial charge in [0.2, 0.25) is 0 Å². The van der Waals surface area contributed by atoms with E-state index in [1.807, 2.05) is 36.0 Å². The van der Waals surface area contributed by atoms with Gasteiger partial charge in [-0.05, 0) is 29.9 Å². The van der Waals surface area contributed by atoms with Crippen molar-refractivity contribution in [3.05, 3.63) is 29.8 Å². The number of hydrogen-bond donors (Lipinski definition) is 1. The molecule has 2 rings (SSSR count). The van der Waals surface area contributed by atoms with Crippen LogP contribution >= 0.6 is 11.8 Å². The predicted molar refractivity (Wildman–Crippen MR) is 63.4 cm³/mol. The average molecular weight is 224 g/mol. The van der Waals surface area contributed by atoms with E-state index in [1.165, 1.54) is 0 Å². The van der Waals surface area contributed by atoms with Crippen LogP contribution in [0.15, 0.2) is 24.3 Å². The molecule has 1 fully saturated rings. The maximum atomic E-state index is 10.5. The maximum Gasteiger partial charge on any atom is 0.118 e. The minimum Gasteiger partial charge on any atom is -0.497 e. The minimum absolute atomic E-state index is 0.269. The van der Waals surface area contributed by atoms with E-state index in [0.29, 0.717) is 0 Å². The van der Waals surface area contributed by atoms with E-state index in [-0.39, 0.29) is 5.25 Å². The van der Waals surface area contributed by atoms with Crippen molar-refractivity contribution in [2.45, 2.75) is 24.2 Å². The standard InChI is InChI=1S/C12H16O2S/c1-9-12(13,7-8-15-9)10-3-5-11(14-2)6-4-10/h3-6,9,13H,7-8H2,1-2H3/t9-,12+/m1/s1. The molecular weight excluding hydrogens is 208 g/mol. The molecule has 15 heavy (non-hydrogen) atoms. The molecular formula is C12H16O2S. The van der Waals surface area contributed by atoms with E-state index in [0.717, 1.165) is 23.5 Å². The molecule has 0 bridgehead atoms. The van der Waals surface area contributed by atoms with Crippen molar-refractivity contribution in [2.24, 2.45) is 0 Å².